The third kappa shape index (κ3) is 3.37. The molecule has 98 valence electrons. The molecule has 2 aromatic rings. The fraction of sp³-hybridized carbons (Fsp3) is 0.200. The molecule has 0 heterocycles. The summed E-state index contributed by atoms with van der Waals surface area (Å²) in [6, 6.07) is 13.0. The predicted octanol–water partition coefficient (Wildman–Crippen LogP) is 1.56. The highest BCUT2D eigenvalue weighted by Gasteiger charge is 2.11. The van der Waals surface area contributed by atoms with Gasteiger partial charge in [-0.05, 0) is 48.1 Å². The topological polar surface area (TPSA) is 49.7 Å². The fourth-order valence-corrected chi connectivity index (χ4v) is 2.00. The van der Waals surface area contributed by atoms with E-state index in [4.69, 9.17) is 14.8 Å². The van der Waals surface area contributed by atoms with E-state index in [1.807, 2.05) is 6.07 Å². The molecule has 0 atom stereocenters. The summed E-state index contributed by atoms with van der Waals surface area (Å²) < 4.78 is 5.72. The minimum atomic E-state index is -1.47. The fourth-order valence-electron chi connectivity index (χ4n) is 2.00. The van der Waals surface area contributed by atoms with Crippen molar-refractivity contribution in [1.29, 1.82) is 0 Å². The van der Waals surface area contributed by atoms with Crippen LogP contribution in [-0.4, -0.2) is 17.2 Å². The Morgan fingerprint density at radius 1 is 1.00 bits per heavy atom. The maximum absolute atomic E-state index is 9.12. The maximum Gasteiger partial charge on any atom is 0.488 e. The van der Waals surface area contributed by atoms with E-state index in [9.17, 15) is 0 Å². The molecule has 0 saturated carbocycles. The molecule has 0 unspecified atom stereocenters. The zero-order valence-electron chi connectivity index (χ0n) is 11.1. The van der Waals surface area contributed by atoms with Crippen molar-refractivity contribution < 1.29 is 14.8 Å². The number of rotatable bonds is 4. The van der Waals surface area contributed by atoms with Crippen LogP contribution < -0.4 is 10.2 Å². The molecular formula is C15H17BO3. The first-order valence-corrected chi connectivity index (χ1v) is 6.22. The van der Waals surface area contributed by atoms with Crippen LogP contribution in [0.2, 0.25) is 0 Å². The predicted molar refractivity (Wildman–Crippen MR) is 76.5 cm³/mol. The zero-order valence-corrected chi connectivity index (χ0v) is 11.1. The molecule has 0 aromatic heterocycles. The van der Waals surface area contributed by atoms with Gasteiger partial charge in [-0.15, -0.1) is 0 Å². The molecule has 0 amide bonds. The number of hydrogen-bond donors (Lipinski definition) is 2. The molecule has 2 aromatic carbocycles. The second kappa shape index (κ2) is 5.91. The SMILES string of the molecule is Cc1cccc(C)c1COc1cccc(B(O)O)c1. The molecule has 0 aliphatic carbocycles. The Hall–Kier alpha value is -1.78. The molecule has 0 radical (unpaired) electrons. The van der Waals surface area contributed by atoms with E-state index >= 15 is 0 Å². The summed E-state index contributed by atoms with van der Waals surface area (Å²) in [5.74, 6) is 0.633. The van der Waals surface area contributed by atoms with Crippen LogP contribution in [0, 0.1) is 13.8 Å². The van der Waals surface area contributed by atoms with Crippen LogP contribution in [0.3, 0.4) is 0 Å². The largest absolute Gasteiger partial charge is 0.489 e. The molecule has 0 fully saturated rings. The Morgan fingerprint density at radius 2 is 1.63 bits per heavy atom. The zero-order chi connectivity index (χ0) is 13.8. The van der Waals surface area contributed by atoms with E-state index in [-0.39, 0.29) is 0 Å². The van der Waals surface area contributed by atoms with Crippen LogP contribution in [0.4, 0.5) is 0 Å². The second-order valence-electron chi connectivity index (χ2n) is 4.61. The summed E-state index contributed by atoms with van der Waals surface area (Å²) in [4.78, 5) is 0. The molecule has 3 nitrogen and oxygen atoms in total. The summed E-state index contributed by atoms with van der Waals surface area (Å²) >= 11 is 0. The van der Waals surface area contributed by atoms with E-state index in [0.717, 1.165) is 5.56 Å². The van der Waals surface area contributed by atoms with Gasteiger partial charge < -0.3 is 14.8 Å². The lowest BCUT2D eigenvalue weighted by molar-refractivity contribution is 0.304. The Kier molecular flexibility index (Phi) is 4.25. The second-order valence-corrected chi connectivity index (χ2v) is 4.61. The molecule has 19 heavy (non-hydrogen) atoms. The molecule has 0 saturated heterocycles. The lowest BCUT2D eigenvalue weighted by Gasteiger charge is -2.12. The summed E-state index contributed by atoms with van der Waals surface area (Å²) in [6.45, 7) is 4.59. The highest BCUT2D eigenvalue weighted by atomic mass is 16.5. The smallest absolute Gasteiger partial charge is 0.488 e. The third-order valence-electron chi connectivity index (χ3n) is 3.18. The maximum atomic E-state index is 9.12. The monoisotopic (exact) mass is 256 g/mol. The van der Waals surface area contributed by atoms with Crippen LogP contribution in [0.5, 0.6) is 5.75 Å². The molecule has 0 spiro atoms. The van der Waals surface area contributed by atoms with Crippen LogP contribution in [0.25, 0.3) is 0 Å². The first-order chi connectivity index (χ1) is 9.08. The van der Waals surface area contributed by atoms with Gasteiger partial charge in [-0.3, -0.25) is 0 Å². The van der Waals surface area contributed by atoms with Gasteiger partial charge in [0, 0.05) is 0 Å². The van der Waals surface area contributed by atoms with Crippen LogP contribution in [0.1, 0.15) is 16.7 Å². The van der Waals surface area contributed by atoms with Gasteiger partial charge in [-0.25, -0.2) is 0 Å². The summed E-state index contributed by atoms with van der Waals surface area (Å²) in [5.41, 5.74) is 3.98. The summed E-state index contributed by atoms with van der Waals surface area (Å²) in [6.07, 6.45) is 0. The Labute approximate surface area is 113 Å². The van der Waals surface area contributed by atoms with E-state index in [2.05, 4.69) is 26.0 Å². The number of ether oxygens (including phenoxy) is 1. The quantitative estimate of drug-likeness (QED) is 0.816. The normalized spacial score (nSPS) is 10.3. The number of benzene rings is 2. The first kappa shape index (κ1) is 13.7. The number of hydrogen-bond acceptors (Lipinski definition) is 3. The minimum absolute atomic E-state index is 0.430. The van der Waals surface area contributed by atoms with Crippen molar-refractivity contribution >= 4 is 12.6 Å². The lowest BCUT2D eigenvalue weighted by Crippen LogP contribution is -2.29. The minimum Gasteiger partial charge on any atom is -0.489 e. The van der Waals surface area contributed by atoms with Gasteiger partial charge in [-0.2, -0.15) is 0 Å². The van der Waals surface area contributed by atoms with Crippen molar-refractivity contribution in [2.75, 3.05) is 0 Å². The van der Waals surface area contributed by atoms with Crippen molar-refractivity contribution in [1.82, 2.24) is 0 Å². The van der Waals surface area contributed by atoms with Gasteiger partial charge in [-0.1, -0.05) is 30.3 Å². The average molecular weight is 256 g/mol. The average Bonchev–Trinajstić information content (AvgIpc) is 2.38. The molecule has 2 N–H and O–H groups in total. The molecular weight excluding hydrogens is 239 g/mol. The standard InChI is InChI=1S/C15H17BO3/c1-11-5-3-6-12(2)15(11)10-19-14-8-4-7-13(9-14)16(17)18/h3-9,17-18H,10H2,1-2H3. The van der Waals surface area contributed by atoms with Crippen LogP contribution in [0.15, 0.2) is 42.5 Å². The van der Waals surface area contributed by atoms with Crippen molar-refractivity contribution in [2.45, 2.75) is 20.5 Å². The number of aryl methyl sites for hydroxylation is 2. The third-order valence-corrected chi connectivity index (χ3v) is 3.18. The van der Waals surface area contributed by atoms with E-state index in [1.54, 1.807) is 24.3 Å². The molecule has 0 aliphatic heterocycles. The highest BCUT2D eigenvalue weighted by Crippen LogP contribution is 2.17. The van der Waals surface area contributed by atoms with Crippen LogP contribution in [-0.2, 0) is 6.61 Å². The summed E-state index contributed by atoms with van der Waals surface area (Å²) in [5, 5.41) is 18.2. The molecule has 0 aliphatic rings. The van der Waals surface area contributed by atoms with E-state index < -0.39 is 7.12 Å². The van der Waals surface area contributed by atoms with Crippen molar-refractivity contribution in [2.24, 2.45) is 0 Å². The highest BCUT2D eigenvalue weighted by molar-refractivity contribution is 6.58. The molecule has 4 heteroatoms. The Balaban J connectivity index is 2.12. The Morgan fingerprint density at radius 3 is 2.26 bits per heavy atom. The molecule has 2 rings (SSSR count). The van der Waals surface area contributed by atoms with E-state index in [1.165, 1.54) is 11.1 Å². The summed E-state index contributed by atoms with van der Waals surface area (Å²) in [7, 11) is -1.47. The van der Waals surface area contributed by atoms with Crippen molar-refractivity contribution in [3.8, 4) is 5.75 Å². The van der Waals surface area contributed by atoms with Gasteiger partial charge in [0.15, 0.2) is 0 Å². The van der Waals surface area contributed by atoms with Crippen molar-refractivity contribution in [3.63, 3.8) is 0 Å². The van der Waals surface area contributed by atoms with Crippen LogP contribution >= 0.6 is 0 Å². The lowest BCUT2D eigenvalue weighted by atomic mass is 9.80. The van der Waals surface area contributed by atoms with E-state index in [0.29, 0.717) is 17.8 Å². The van der Waals surface area contributed by atoms with Gasteiger partial charge in [0.2, 0.25) is 0 Å². The molecule has 0 bridgehead atoms. The first-order valence-electron chi connectivity index (χ1n) is 6.22. The van der Waals surface area contributed by atoms with Gasteiger partial charge in [0.1, 0.15) is 12.4 Å². The van der Waals surface area contributed by atoms with Gasteiger partial charge >= 0.3 is 7.12 Å². The van der Waals surface area contributed by atoms with Crippen molar-refractivity contribution in [3.05, 3.63) is 59.2 Å². The van der Waals surface area contributed by atoms with Gasteiger partial charge in [0.25, 0.3) is 0 Å². The van der Waals surface area contributed by atoms with Gasteiger partial charge in [0.05, 0.1) is 0 Å². The Bertz CT molecular complexity index is 547.